The van der Waals surface area contributed by atoms with Crippen LogP contribution in [0.1, 0.15) is 22.3 Å². The summed E-state index contributed by atoms with van der Waals surface area (Å²) in [5.74, 6) is -0.475. The molecule has 1 amide bonds. The van der Waals surface area contributed by atoms with Crippen LogP contribution in [0.3, 0.4) is 0 Å². The molecule has 3 rings (SSSR count). The topological polar surface area (TPSA) is 108 Å². The Morgan fingerprint density at radius 1 is 1.06 bits per heavy atom. The van der Waals surface area contributed by atoms with E-state index >= 15 is 0 Å². The smallest absolute Gasteiger partial charge is 0.255 e. The zero-order valence-electron chi connectivity index (χ0n) is 19.2. The van der Waals surface area contributed by atoms with E-state index in [1.165, 1.54) is 25.5 Å². The normalized spacial score (nSPS) is 11.6. The molecule has 0 aliphatic rings. The van der Waals surface area contributed by atoms with Gasteiger partial charge in [-0.25, -0.2) is 13.8 Å². The molecule has 3 aromatic rings. The minimum atomic E-state index is -3.95. The second kappa shape index (κ2) is 11.0. The molecule has 34 heavy (non-hydrogen) atoms. The molecule has 178 valence electrons. The predicted octanol–water partition coefficient (Wildman–Crippen LogP) is 3.36. The van der Waals surface area contributed by atoms with Crippen molar-refractivity contribution in [1.29, 1.82) is 0 Å². The van der Waals surface area contributed by atoms with Crippen molar-refractivity contribution in [3.63, 3.8) is 0 Å². The van der Waals surface area contributed by atoms with Gasteiger partial charge in [-0.15, -0.1) is 0 Å². The van der Waals surface area contributed by atoms with Crippen molar-refractivity contribution in [1.82, 2.24) is 9.73 Å². The van der Waals surface area contributed by atoms with E-state index in [-0.39, 0.29) is 22.9 Å². The van der Waals surface area contributed by atoms with E-state index in [2.05, 4.69) is 10.5 Å². The largest absolute Gasteiger partial charge is 0.504 e. The Labute approximate surface area is 199 Å². The third-order valence-electron chi connectivity index (χ3n) is 5.06. The number of nitrogens with zero attached hydrogens (tertiary/aromatic N) is 2. The molecule has 0 saturated heterocycles. The Morgan fingerprint density at radius 3 is 2.44 bits per heavy atom. The lowest BCUT2D eigenvalue weighted by Crippen LogP contribution is -2.39. The molecular weight excluding hydrogens is 454 g/mol. The summed E-state index contributed by atoms with van der Waals surface area (Å²) >= 11 is 0. The van der Waals surface area contributed by atoms with Gasteiger partial charge >= 0.3 is 0 Å². The Kier molecular flexibility index (Phi) is 8.04. The number of carbonyl (C=O) groups is 1. The molecule has 0 spiro atoms. The zero-order chi connectivity index (χ0) is 24.7. The highest BCUT2D eigenvalue weighted by molar-refractivity contribution is 7.89. The number of aryl methyl sites for hydroxylation is 2. The van der Waals surface area contributed by atoms with Crippen molar-refractivity contribution in [2.75, 3.05) is 13.7 Å². The molecule has 0 unspecified atom stereocenters. The molecule has 2 N–H and O–H groups in total. The summed E-state index contributed by atoms with van der Waals surface area (Å²) in [6.07, 6.45) is 1.26. The second-order valence-corrected chi connectivity index (χ2v) is 9.70. The molecule has 0 fully saturated rings. The summed E-state index contributed by atoms with van der Waals surface area (Å²) in [6, 6.07) is 18.8. The van der Waals surface area contributed by atoms with E-state index in [0.29, 0.717) is 5.56 Å². The molecule has 0 aromatic heterocycles. The number of rotatable bonds is 9. The van der Waals surface area contributed by atoms with Gasteiger partial charge in [0.2, 0.25) is 10.0 Å². The number of methoxy groups -OCH3 is 1. The summed E-state index contributed by atoms with van der Waals surface area (Å²) in [6.45, 7) is 3.36. The number of ether oxygens (including phenoxy) is 1. The summed E-state index contributed by atoms with van der Waals surface area (Å²) in [5.41, 5.74) is 5.33. The molecule has 0 bridgehead atoms. The van der Waals surface area contributed by atoms with Gasteiger partial charge in [0.1, 0.15) is 0 Å². The third-order valence-corrected chi connectivity index (χ3v) is 6.87. The number of phenols is 1. The fourth-order valence-electron chi connectivity index (χ4n) is 3.28. The van der Waals surface area contributed by atoms with Gasteiger partial charge in [-0.3, -0.25) is 4.79 Å². The van der Waals surface area contributed by atoms with Crippen LogP contribution in [0.5, 0.6) is 11.5 Å². The first-order valence-electron chi connectivity index (χ1n) is 10.5. The number of amides is 1. The third kappa shape index (κ3) is 6.21. The van der Waals surface area contributed by atoms with E-state index in [0.717, 1.165) is 21.0 Å². The van der Waals surface area contributed by atoms with Gasteiger partial charge in [0.05, 0.1) is 24.8 Å². The Bertz CT molecular complexity index is 1290. The number of nitrogens with one attached hydrogen (secondary N) is 1. The van der Waals surface area contributed by atoms with Crippen LogP contribution in [-0.4, -0.2) is 43.6 Å². The molecular formula is C25H27N3O5S. The quantitative estimate of drug-likeness (QED) is 0.360. The van der Waals surface area contributed by atoms with E-state index in [1.54, 1.807) is 30.3 Å². The van der Waals surface area contributed by atoms with E-state index < -0.39 is 22.5 Å². The first kappa shape index (κ1) is 24.9. The van der Waals surface area contributed by atoms with Crippen LogP contribution in [0, 0.1) is 13.8 Å². The molecule has 9 heteroatoms. The summed E-state index contributed by atoms with van der Waals surface area (Å²) in [5, 5.41) is 14.0. The van der Waals surface area contributed by atoms with Crippen molar-refractivity contribution in [2.24, 2.45) is 5.10 Å². The molecule has 8 nitrogen and oxygen atoms in total. The average molecular weight is 482 g/mol. The number of benzene rings is 3. The van der Waals surface area contributed by atoms with Crippen LogP contribution in [-0.2, 0) is 21.4 Å². The number of aromatic hydroxyl groups is 1. The van der Waals surface area contributed by atoms with Crippen molar-refractivity contribution in [2.45, 2.75) is 25.3 Å². The number of phenolic OH excluding ortho intramolecular Hbond substituents is 1. The van der Waals surface area contributed by atoms with Crippen molar-refractivity contribution in [3.8, 4) is 11.5 Å². The molecule has 3 aromatic carbocycles. The van der Waals surface area contributed by atoms with Gasteiger partial charge in [0.15, 0.2) is 11.5 Å². The Balaban J connectivity index is 1.80. The average Bonchev–Trinajstić information content (AvgIpc) is 2.80. The van der Waals surface area contributed by atoms with Gasteiger partial charge in [-0.2, -0.15) is 9.41 Å². The number of sulfonamides is 1. The fraction of sp³-hybridized carbons (Fsp3) is 0.200. The minimum Gasteiger partial charge on any atom is -0.504 e. The number of para-hydroxylation sites is 1. The van der Waals surface area contributed by atoms with E-state index in [4.69, 9.17) is 4.74 Å². The lowest BCUT2D eigenvalue weighted by molar-refractivity contribution is -0.121. The molecule has 0 heterocycles. The number of hydrogen-bond donors (Lipinski definition) is 2. The van der Waals surface area contributed by atoms with Crippen LogP contribution < -0.4 is 10.2 Å². The van der Waals surface area contributed by atoms with Gasteiger partial charge < -0.3 is 9.84 Å². The van der Waals surface area contributed by atoms with Crippen molar-refractivity contribution >= 4 is 22.1 Å². The molecule has 0 atom stereocenters. The summed E-state index contributed by atoms with van der Waals surface area (Å²) in [7, 11) is -2.53. The fourth-order valence-corrected chi connectivity index (χ4v) is 4.66. The van der Waals surface area contributed by atoms with Gasteiger partial charge in [-0.05, 0) is 43.7 Å². The lowest BCUT2D eigenvalue weighted by atomic mass is 10.1. The van der Waals surface area contributed by atoms with Crippen LogP contribution in [0.15, 0.2) is 76.7 Å². The SMILES string of the molecule is COc1cccc(/C=N\NC(=O)CN(Cc2cccc(C)c2)S(=O)(=O)c2ccc(C)cc2)c1O. The van der Waals surface area contributed by atoms with Gasteiger partial charge in [0.25, 0.3) is 5.91 Å². The lowest BCUT2D eigenvalue weighted by Gasteiger charge is -2.22. The van der Waals surface area contributed by atoms with Crippen LogP contribution >= 0.6 is 0 Å². The van der Waals surface area contributed by atoms with Crippen molar-refractivity contribution < 1.29 is 23.1 Å². The first-order chi connectivity index (χ1) is 16.2. The van der Waals surface area contributed by atoms with Gasteiger partial charge in [0, 0.05) is 12.1 Å². The highest BCUT2D eigenvalue weighted by Crippen LogP contribution is 2.28. The maximum absolute atomic E-state index is 13.3. The van der Waals surface area contributed by atoms with Crippen LogP contribution in [0.2, 0.25) is 0 Å². The first-order valence-corrected chi connectivity index (χ1v) is 11.9. The van der Waals surface area contributed by atoms with Crippen LogP contribution in [0.25, 0.3) is 0 Å². The van der Waals surface area contributed by atoms with Crippen LogP contribution in [0.4, 0.5) is 0 Å². The molecule has 0 aliphatic heterocycles. The standard InChI is InChI=1S/C25H27N3O5S/c1-18-10-12-22(13-11-18)34(31,32)28(16-20-7-4-6-19(2)14-20)17-24(29)27-26-15-21-8-5-9-23(33-3)25(21)30/h4-15,30H,16-17H2,1-3H3,(H,27,29)/b26-15-. The Morgan fingerprint density at radius 2 is 1.76 bits per heavy atom. The van der Waals surface area contributed by atoms with E-state index in [9.17, 15) is 18.3 Å². The number of carbonyl (C=O) groups excluding carboxylic acids is 1. The summed E-state index contributed by atoms with van der Waals surface area (Å²) < 4.78 is 32.8. The highest BCUT2D eigenvalue weighted by Gasteiger charge is 2.27. The molecule has 0 aliphatic carbocycles. The van der Waals surface area contributed by atoms with E-state index in [1.807, 2.05) is 38.1 Å². The van der Waals surface area contributed by atoms with Crippen molar-refractivity contribution in [3.05, 3.63) is 89.0 Å². The second-order valence-electron chi connectivity index (χ2n) is 7.77. The monoisotopic (exact) mass is 481 g/mol. The molecule has 0 saturated carbocycles. The number of hydrazone groups is 1. The maximum Gasteiger partial charge on any atom is 0.255 e. The summed E-state index contributed by atoms with van der Waals surface area (Å²) in [4.78, 5) is 12.7. The highest BCUT2D eigenvalue weighted by atomic mass is 32.2. The predicted molar refractivity (Wildman–Crippen MR) is 130 cm³/mol. The molecule has 0 radical (unpaired) electrons. The zero-order valence-corrected chi connectivity index (χ0v) is 20.0. The Hall–Kier alpha value is -3.69. The van der Waals surface area contributed by atoms with Gasteiger partial charge in [-0.1, -0.05) is 53.6 Å². The maximum atomic E-state index is 13.3. The minimum absolute atomic E-state index is 0.0195. The number of hydrogen-bond acceptors (Lipinski definition) is 6.